The zero-order valence-corrected chi connectivity index (χ0v) is 22.7. The molecule has 1 aliphatic carbocycles. The van der Waals surface area contributed by atoms with Gasteiger partial charge in [0.05, 0.1) is 10.5 Å². The summed E-state index contributed by atoms with van der Waals surface area (Å²) in [6.07, 6.45) is 4.00. The van der Waals surface area contributed by atoms with Crippen molar-refractivity contribution in [2.45, 2.75) is 47.7 Å². The second-order valence-electron chi connectivity index (χ2n) is 8.93. The molecular formula is C24H32BrN5O3S2. The molecule has 2 heterocycles. The van der Waals surface area contributed by atoms with Crippen molar-refractivity contribution in [2.75, 3.05) is 31.9 Å². The van der Waals surface area contributed by atoms with E-state index < -0.39 is 10.0 Å². The summed E-state index contributed by atoms with van der Waals surface area (Å²) in [5.41, 5.74) is 6.68. The zero-order chi connectivity index (χ0) is 24.8. The van der Waals surface area contributed by atoms with Crippen LogP contribution in [0.2, 0.25) is 0 Å². The number of rotatable bonds is 8. The number of carbonyl (C=O) groups is 1. The van der Waals surface area contributed by atoms with E-state index in [0.717, 1.165) is 23.7 Å². The molecule has 1 saturated carbocycles. The van der Waals surface area contributed by atoms with Crippen LogP contribution in [-0.2, 0) is 14.8 Å². The van der Waals surface area contributed by atoms with Crippen LogP contribution in [0.15, 0.2) is 57.0 Å². The van der Waals surface area contributed by atoms with E-state index in [2.05, 4.69) is 43.1 Å². The summed E-state index contributed by atoms with van der Waals surface area (Å²) < 4.78 is 29.4. The van der Waals surface area contributed by atoms with Gasteiger partial charge in [0.2, 0.25) is 15.9 Å². The first-order valence-electron chi connectivity index (χ1n) is 12.0. The van der Waals surface area contributed by atoms with Crippen LogP contribution in [0.3, 0.4) is 0 Å². The first-order chi connectivity index (χ1) is 16.9. The van der Waals surface area contributed by atoms with Gasteiger partial charge in [-0.25, -0.2) is 18.1 Å². The van der Waals surface area contributed by atoms with Crippen molar-refractivity contribution in [2.24, 2.45) is 11.7 Å². The Kier molecular flexibility index (Phi) is 9.23. The van der Waals surface area contributed by atoms with Crippen LogP contribution in [0.1, 0.15) is 37.3 Å². The molecule has 0 radical (unpaired) electrons. The van der Waals surface area contributed by atoms with E-state index >= 15 is 0 Å². The Morgan fingerprint density at radius 1 is 1.23 bits per heavy atom. The maximum atomic E-state index is 13.4. The molecule has 0 bridgehead atoms. The summed E-state index contributed by atoms with van der Waals surface area (Å²) in [4.78, 5) is 19.9. The molecule has 11 heteroatoms. The molecule has 190 valence electrons. The number of hydrogen-bond acceptors (Lipinski definition) is 7. The third kappa shape index (κ3) is 6.64. The van der Waals surface area contributed by atoms with E-state index in [4.69, 9.17) is 5.73 Å². The topological polar surface area (TPSA) is 117 Å². The largest absolute Gasteiger partial charge is 0.333 e. The number of hydrogen-bond donors (Lipinski definition) is 3. The molecule has 8 nitrogen and oxygen atoms in total. The number of aromatic nitrogens is 1. The smallest absolute Gasteiger partial charge is 0.242 e. The van der Waals surface area contributed by atoms with Crippen molar-refractivity contribution in [1.29, 1.82) is 0 Å². The molecule has 35 heavy (non-hydrogen) atoms. The number of nitrogens with two attached hydrogens (primary N) is 1. The quantitative estimate of drug-likeness (QED) is 0.410. The van der Waals surface area contributed by atoms with Gasteiger partial charge in [0.1, 0.15) is 9.92 Å². The van der Waals surface area contributed by atoms with Gasteiger partial charge < -0.3 is 16.0 Å². The summed E-state index contributed by atoms with van der Waals surface area (Å²) in [6, 6.07) is 11.6. The van der Waals surface area contributed by atoms with Crippen LogP contribution in [0.25, 0.3) is 0 Å². The minimum absolute atomic E-state index is 0.0330. The predicted molar refractivity (Wildman–Crippen MR) is 142 cm³/mol. The molecule has 1 amide bonds. The monoisotopic (exact) mass is 581 g/mol. The van der Waals surface area contributed by atoms with Crippen molar-refractivity contribution in [3.05, 3.63) is 52.6 Å². The first-order valence-corrected chi connectivity index (χ1v) is 15.2. The molecule has 1 atom stereocenters. The molecule has 4 N–H and O–H groups in total. The maximum absolute atomic E-state index is 13.4. The zero-order valence-electron chi connectivity index (χ0n) is 19.5. The normalized spacial score (nSPS) is 23.3. The Morgan fingerprint density at radius 2 is 1.97 bits per heavy atom. The summed E-state index contributed by atoms with van der Waals surface area (Å²) in [6.45, 7) is 2.74. The average molecular weight is 583 g/mol. The van der Waals surface area contributed by atoms with Gasteiger partial charge in [-0.05, 0) is 53.2 Å². The number of nitrogens with one attached hydrogen (secondary N) is 2. The van der Waals surface area contributed by atoms with Crippen LogP contribution >= 0.6 is 27.7 Å². The minimum atomic E-state index is -3.70. The van der Waals surface area contributed by atoms with Gasteiger partial charge in [-0.1, -0.05) is 30.3 Å². The highest BCUT2D eigenvalue weighted by molar-refractivity contribution is 9.10. The lowest BCUT2D eigenvalue weighted by molar-refractivity contribution is -0.140. The number of nitrogens with zero attached hydrogens (tertiary/aromatic N) is 2. The third-order valence-electron chi connectivity index (χ3n) is 6.56. The average Bonchev–Trinajstić information content (AvgIpc) is 2.88. The number of amides is 1. The van der Waals surface area contributed by atoms with Crippen LogP contribution in [0, 0.1) is 5.92 Å². The fourth-order valence-corrected chi connectivity index (χ4v) is 7.49. The maximum Gasteiger partial charge on any atom is 0.242 e. The molecule has 2 aliphatic rings. The lowest BCUT2D eigenvalue weighted by Crippen LogP contribution is -2.51. The third-order valence-corrected chi connectivity index (χ3v) is 9.95. The fraction of sp³-hybridized carbons (Fsp3) is 0.500. The highest BCUT2D eigenvalue weighted by atomic mass is 79.9. The van der Waals surface area contributed by atoms with Crippen LogP contribution in [-0.4, -0.2) is 62.2 Å². The highest BCUT2D eigenvalue weighted by Gasteiger charge is 2.35. The van der Waals surface area contributed by atoms with Crippen LogP contribution in [0.4, 0.5) is 0 Å². The van der Waals surface area contributed by atoms with Crippen LogP contribution < -0.4 is 15.8 Å². The lowest BCUT2D eigenvalue weighted by Gasteiger charge is -2.40. The second-order valence-corrected chi connectivity index (χ2v) is 12.6. The van der Waals surface area contributed by atoms with Crippen molar-refractivity contribution < 1.29 is 13.2 Å². The SMILES string of the molecule is NCCSc1ncc(S(=O)(=O)N[C@H]2CC[C@H](C(=O)N3CCNC[C@@H]3c3ccccc3)CC2)cc1Br. The number of piperazine rings is 1. The number of carbonyl (C=O) groups excluding carboxylic acids is 1. The molecule has 2 aromatic rings. The second kappa shape index (κ2) is 12.2. The highest BCUT2D eigenvalue weighted by Crippen LogP contribution is 2.32. The van der Waals surface area contributed by atoms with Crippen molar-refractivity contribution in [1.82, 2.24) is 19.9 Å². The van der Waals surface area contributed by atoms with Gasteiger partial charge >= 0.3 is 0 Å². The number of thioether (sulfide) groups is 1. The lowest BCUT2D eigenvalue weighted by atomic mass is 9.85. The Bertz CT molecular complexity index is 1110. The molecule has 2 fully saturated rings. The Balaban J connectivity index is 1.35. The van der Waals surface area contributed by atoms with Gasteiger partial charge in [-0.15, -0.1) is 11.8 Å². The number of pyridine rings is 1. The molecule has 1 aliphatic heterocycles. The van der Waals surface area contributed by atoms with E-state index in [1.165, 1.54) is 18.0 Å². The van der Waals surface area contributed by atoms with Crippen LogP contribution in [0.5, 0.6) is 0 Å². The summed E-state index contributed by atoms with van der Waals surface area (Å²) in [5, 5.41) is 4.12. The number of halogens is 1. The predicted octanol–water partition coefficient (Wildman–Crippen LogP) is 2.91. The number of sulfonamides is 1. The Morgan fingerprint density at radius 3 is 2.66 bits per heavy atom. The molecular weight excluding hydrogens is 550 g/mol. The molecule has 1 saturated heterocycles. The molecule has 1 aromatic heterocycles. The van der Waals surface area contributed by atoms with Crippen molar-refractivity contribution in [3.8, 4) is 0 Å². The van der Waals surface area contributed by atoms with E-state index in [1.807, 2.05) is 23.1 Å². The number of benzene rings is 1. The van der Waals surface area contributed by atoms with Gasteiger partial charge in [0.25, 0.3) is 0 Å². The van der Waals surface area contributed by atoms with Gasteiger partial charge in [0.15, 0.2) is 0 Å². The summed E-state index contributed by atoms with van der Waals surface area (Å²) in [5.74, 6) is 0.813. The van der Waals surface area contributed by atoms with Gasteiger partial charge in [-0.3, -0.25) is 4.79 Å². The molecule has 4 rings (SSSR count). The van der Waals surface area contributed by atoms with E-state index in [0.29, 0.717) is 49.0 Å². The van der Waals surface area contributed by atoms with E-state index in [1.54, 1.807) is 6.07 Å². The molecule has 0 spiro atoms. The van der Waals surface area contributed by atoms with E-state index in [9.17, 15) is 13.2 Å². The first kappa shape index (κ1) is 26.6. The Labute approximate surface area is 220 Å². The minimum Gasteiger partial charge on any atom is -0.333 e. The van der Waals surface area contributed by atoms with Crippen molar-refractivity contribution in [3.63, 3.8) is 0 Å². The standard InChI is InChI=1S/C24H32BrN5O3S2/c25-21-14-20(15-28-23(21)34-13-10-26)35(32,33)29-19-8-6-18(7-9-19)24(31)30-12-11-27-16-22(30)17-4-2-1-3-5-17/h1-5,14-15,18-19,22,27,29H,6-13,16,26H2/t18-,19-,22-/m1/s1. The summed E-state index contributed by atoms with van der Waals surface area (Å²) >= 11 is 4.89. The molecule has 0 unspecified atom stereocenters. The fourth-order valence-electron chi connectivity index (χ4n) is 4.74. The van der Waals surface area contributed by atoms with Gasteiger partial charge in [-0.2, -0.15) is 0 Å². The summed E-state index contributed by atoms with van der Waals surface area (Å²) in [7, 11) is -3.70. The Hall–Kier alpha value is -1.50. The van der Waals surface area contributed by atoms with Crippen molar-refractivity contribution >= 4 is 43.6 Å². The van der Waals surface area contributed by atoms with E-state index in [-0.39, 0.29) is 28.8 Å². The molecule has 1 aromatic carbocycles. The van der Waals surface area contributed by atoms with Gasteiger partial charge in [0, 0.05) is 50.1 Å².